The molecule has 30 heteroatoms. The number of hydrazone groups is 1. The van der Waals surface area contributed by atoms with Crippen LogP contribution in [0.4, 0.5) is 41.1 Å². The van der Waals surface area contributed by atoms with E-state index in [4.69, 9.17) is 20.9 Å². The van der Waals surface area contributed by atoms with Crippen LogP contribution in [0.3, 0.4) is 0 Å². The van der Waals surface area contributed by atoms with Crippen molar-refractivity contribution >= 4 is 186 Å². The summed E-state index contributed by atoms with van der Waals surface area (Å²) in [7, 11) is 0. The zero-order valence-corrected chi connectivity index (χ0v) is 65.3. The number of tetrazole rings is 1. The van der Waals surface area contributed by atoms with Crippen molar-refractivity contribution in [2.24, 2.45) is 10.8 Å². The number of hydrogen-bond donors (Lipinski definition) is 12. The van der Waals surface area contributed by atoms with Crippen molar-refractivity contribution in [2.75, 3.05) is 64.8 Å². The summed E-state index contributed by atoms with van der Waals surface area (Å²) in [5.41, 5.74) is 31.3. The minimum Gasteiger partial charge on any atom is -0.487 e. The molecule has 123 heavy (non-hydrogen) atoms. The van der Waals surface area contributed by atoms with E-state index in [0.717, 1.165) is 214 Å². The summed E-state index contributed by atoms with van der Waals surface area (Å²) in [4.78, 5) is 33.1. The molecule has 0 spiro atoms. The van der Waals surface area contributed by atoms with E-state index in [1.165, 1.54) is 122 Å². The fraction of sp³-hybridized carbons (Fsp3) is 0.161. The number of hydrogen-bond acceptors (Lipinski definition) is 13. The molecule has 9 aromatic heterocycles. The van der Waals surface area contributed by atoms with Gasteiger partial charge in [0, 0.05) is 130 Å². The van der Waals surface area contributed by atoms with E-state index < -0.39 is 0 Å². The number of hydrazine groups is 2. The number of benzene rings is 12. The lowest BCUT2D eigenvalue weighted by Crippen LogP contribution is -2.45. The molecule has 3 aliphatic heterocycles. The molecule has 0 amide bonds. The van der Waals surface area contributed by atoms with Gasteiger partial charge in [-0.3, -0.25) is 14.8 Å². The van der Waals surface area contributed by atoms with Crippen molar-refractivity contribution in [1.29, 1.82) is 0 Å². The van der Waals surface area contributed by atoms with Crippen molar-refractivity contribution in [3.8, 4) is 35.2 Å². The number of piperidine rings is 1. The SMILES string of the molecule is Fc1ccc2[nH]c3c(C#CCN4CCCC4)c4[nH]c5ccc(F)cc5c4cc3c2c1.Fc1ccc2[nH]c3c(C#CCN4CCCCC4)c4[nH]c5ccc(F)cc5c4cc3c2c1.NC1=NNNN1CCOc1c2[nH]c3ccc(F)cc3c2cc2c1[nH]c1ccc(F)cc12.Nc1nnn(CCOc2c3[nH]c4ccc(F)cc4c3cc3c2[nH]c2ccc(F)cc23)n1. The summed E-state index contributed by atoms with van der Waals surface area (Å²) in [6.45, 7) is 7.07. The second-order valence-electron chi connectivity index (χ2n) is 31.0. The molecule has 3 aliphatic rings. The number of aromatic nitrogens is 12. The molecule has 22 nitrogen and oxygen atoms in total. The number of nitrogens with one attached hydrogen (secondary N) is 10. The van der Waals surface area contributed by atoms with Gasteiger partial charge in [0.15, 0.2) is 11.5 Å². The van der Waals surface area contributed by atoms with Gasteiger partial charge in [0.2, 0.25) is 5.96 Å². The normalized spacial score (nSPS) is 14.0. The Labute approximate surface area is 690 Å². The van der Waals surface area contributed by atoms with E-state index in [2.05, 4.69) is 105 Å². The molecular formula is C93H72F8N20O2. The first-order valence-corrected chi connectivity index (χ1v) is 40.2. The van der Waals surface area contributed by atoms with Crippen LogP contribution in [0.5, 0.6) is 11.5 Å². The summed E-state index contributed by atoms with van der Waals surface area (Å²) >= 11 is 0. The number of rotatable bonds is 10. The van der Waals surface area contributed by atoms with Crippen LogP contribution in [-0.2, 0) is 6.54 Å². The van der Waals surface area contributed by atoms with Crippen molar-refractivity contribution < 1.29 is 44.6 Å². The smallest absolute Gasteiger partial charge is 0.260 e. The van der Waals surface area contributed by atoms with Gasteiger partial charge in [-0.05, 0) is 227 Å². The highest BCUT2D eigenvalue weighted by molar-refractivity contribution is 6.25. The monoisotopic (exact) mass is 1650 g/mol. The number of likely N-dealkylation sites (tertiary alicyclic amines) is 2. The average Bonchev–Trinajstić information content (AvgIpc) is 1.59. The van der Waals surface area contributed by atoms with Crippen molar-refractivity contribution in [3.05, 3.63) is 228 Å². The number of guanidine groups is 1. The van der Waals surface area contributed by atoms with Crippen LogP contribution in [0.25, 0.3) is 174 Å². The van der Waals surface area contributed by atoms with Crippen LogP contribution in [0.2, 0.25) is 0 Å². The number of nitrogens with zero attached hydrogens (tertiary/aromatic N) is 8. The molecule has 612 valence electrons. The zero-order chi connectivity index (χ0) is 83.4. The van der Waals surface area contributed by atoms with Gasteiger partial charge in [0.25, 0.3) is 5.95 Å². The maximum Gasteiger partial charge on any atom is 0.260 e. The summed E-state index contributed by atoms with van der Waals surface area (Å²) < 4.78 is 124. The molecule has 0 radical (unpaired) electrons. The largest absolute Gasteiger partial charge is 0.487 e. The van der Waals surface area contributed by atoms with Crippen LogP contribution in [0.1, 0.15) is 43.2 Å². The molecule has 0 atom stereocenters. The van der Waals surface area contributed by atoms with Gasteiger partial charge < -0.3 is 60.8 Å². The summed E-state index contributed by atoms with van der Waals surface area (Å²) in [5.74, 6) is 12.5. The molecule has 21 aromatic rings. The molecule has 24 rings (SSSR count). The van der Waals surface area contributed by atoms with Gasteiger partial charge in [0.05, 0.1) is 81.4 Å². The summed E-state index contributed by atoms with van der Waals surface area (Å²) in [5, 5.41) is 29.7. The maximum atomic E-state index is 14.0. The first-order valence-electron chi connectivity index (χ1n) is 40.2. The predicted molar refractivity (Wildman–Crippen MR) is 468 cm³/mol. The Morgan fingerprint density at radius 1 is 0.333 bits per heavy atom. The van der Waals surface area contributed by atoms with Crippen molar-refractivity contribution in [1.82, 2.24) is 86.0 Å². The van der Waals surface area contributed by atoms with Crippen molar-refractivity contribution in [3.63, 3.8) is 0 Å². The van der Waals surface area contributed by atoms with Crippen LogP contribution >= 0.6 is 0 Å². The number of halogens is 8. The first kappa shape index (κ1) is 75.5. The second kappa shape index (κ2) is 30.7. The van der Waals surface area contributed by atoms with E-state index in [1.54, 1.807) is 65.7 Å². The highest BCUT2D eigenvalue weighted by atomic mass is 19.2. The topological polar surface area (TPSA) is 287 Å². The fourth-order valence-corrected chi connectivity index (χ4v) is 17.6. The number of ether oxygens (including phenoxy) is 2. The molecular weight excluding hydrogens is 1580 g/mol. The molecule has 2 saturated heterocycles. The number of anilines is 1. The van der Waals surface area contributed by atoms with Crippen LogP contribution in [0.15, 0.2) is 175 Å². The van der Waals surface area contributed by atoms with Crippen molar-refractivity contribution in [2.45, 2.75) is 38.6 Å². The minimum atomic E-state index is -0.337. The van der Waals surface area contributed by atoms with Gasteiger partial charge in [-0.15, -0.1) is 15.7 Å². The van der Waals surface area contributed by atoms with E-state index in [-0.39, 0.29) is 65.7 Å². The lowest BCUT2D eigenvalue weighted by molar-refractivity contribution is 0.225. The van der Waals surface area contributed by atoms with Gasteiger partial charge in [-0.1, -0.05) is 35.2 Å². The average molecular weight is 1650 g/mol. The third-order valence-electron chi connectivity index (χ3n) is 23.3. The molecule has 0 unspecified atom stereocenters. The van der Waals surface area contributed by atoms with Crippen LogP contribution in [-0.4, -0.2) is 140 Å². The predicted octanol–water partition coefficient (Wildman–Crippen LogP) is 18.8. The lowest BCUT2D eigenvalue weighted by atomic mass is 10.0. The van der Waals surface area contributed by atoms with E-state index in [0.29, 0.717) is 41.6 Å². The Morgan fingerprint density at radius 2 is 0.610 bits per heavy atom. The highest BCUT2D eigenvalue weighted by Gasteiger charge is 2.25. The summed E-state index contributed by atoms with van der Waals surface area (Å²) in [6, 6.07) is 45.1. The maximum absolute atomic E-state index is 14.0. The molecule has 12 heterocycles. The van der Waals surface area contributed by atoms with Crippen LogP contribution < -0.4 is 32.0 Å². The quantitative estimate of drug-likeness (QED) is 0.0450. The Balaban J connectivity index is 0.000000101. The van der Waals surface area contributed by atoms with Gasteiger partial charge in [-0.2, -0.15) is 4.80 Å². The number of aromatic amines is 8. The number of nitrogen functional groups attached to an aromatic ring is 1. The second-order valence-corrected chi connectivity index (χ2v) is 31.0. The highest BCUT2D eigenvalue weighted by Crippen LogP contribution is 2.45. The molecule has 2 fully saturated rings. The molecule has 12 aromatic carbocycles. The molecule has 0 bridgehead atoms. The number of nitrogens with two attached hydrogens (primary N) is 2. The fourth-order valence-electron chi connectivity index (χ4n) is 17.6. The molecule has 14 N–H and O–H groups in total. The summed E-state index contributed by atoms with van der Waals surface area (Å²) in [6.07, 6.45) is 6.19. The standard InChI is InChI=1S/C26H21F2N3.C25H19F2N3.C21H17F2N7O.C21H15F2N7O/c27-16-6-8-23-19(13-16)21-15-22-20-14-17(28)7-9-24(20)30-26(22)18(25(21)29-23)5-4-12-31-10-2-1-3-11-31;26-15-5-7-22-18(12-15)20-14-21-19-13-16(27)6-8-23(19)29-25(21)17(24(20)28-22)4-3-11-30-9-1-2-10-30;22-10-1-3-16-12(7-10)14-9-15-13-8-11(23)2-4-17(13)26-19(15)20(18(14)25-16)31-6-5-30-21(24)27-28-29-30;22-10-1-3-16-12(7-10)14-9-15-13-8-11(23)2-4-17(13)26-19(15)20(18(14)25-16)31-6-5-30-28-21(24)27-29-30/h6-9,13-15,29-30H,1-3,10-12H2;5-8,12-14,28-29H,1-2,9-11H2;1-4,7-9,25-26,28-29H,5-6H2,(H2,24,27);1-4,7-9,25-26H,5-6H2,(H2,24,28). The Bertz CT molecular complexity index is 7670. The Hall–Kier alpha value is -15.0. The third-order valence-corrected chi connectivity index (χ3v) is 23.3. The van der Waals surface area contributed by atoms with E-state index >= 15 is 0 Å². The van der Waals surface area contributed by atoms with Gasteiger partial charge >= 0.3 is 0 Å². The number of H-pyrrole nitrogens is 8. The van der Waals surface area contributed by atoms with Gasteiger partial charge in [0.1, 0.15) is 59.8 Å². The van der Waals surface area contributed by atoms with E-state index in [9.17, 15) is 35.1 Å². The lowest BCUT2D eigenvalue weighted by Gasteiger charge is -2.23. The van der Waals surface area contributed by atoms with E-state index in [1.807, 2.05) is 24.3 Å². The number of fused-ring (bicyclic) bond motifs is 24. The first-order chi connectivity index (χ1) is 60.0. The Morgan fingerprint density at radius 3 is 0.886 bits per heavy atom. The molecule has 0 saturated carbocycles. The molecule has 0 aliphatic carbocycles. The van der Waals surface area contributed by atoms with Crippen LogP contribution in [0, 0.1) is 70.2 Å². The third kappa shape index (κ3) is 13.9. The van der Waals surface area contributed by atoms with Gasteiger partial charge in [-0.25, -0.2) is 40.7 Å². The Kier molecular flexibility index (Phi) is 18.8. The minimum absolute atomic E-state index is 0.0831. The zero-order valence-electron chi connectivity index (χ0n) is 65.3.